The van der Waals surface area contributed by atoms with Crippen LogP contribution in [0.2, 0.25) is 0 Å². The number of carbonyl (C=O) groups is 3. The van der Waals surface area contributed by atoms with E-state index >= 15 is 0 Å². The maximum absolute atomic E-state index is 12.4. The Bertz CT molecular complexity index is 788. The smallest absolute Gasteiger partial charge is 0.311 e. The van der Waals surface area contributed by atoms with Gasteiger partial charge in [-0.15, -0.1) is 0 Å². The van der Waals surface area contributed by atoms with Crippen LogP contribution in [0, 0.1) is 5.92 Å². The lowest BCUT2D eigenvalue weighted by Gasteiger charge is -2.17. The highest BCUT2D eigenvalue weighted by Gasteiger charge is 2.36. The first kappa shape index (κ1) is 17.9. The molecule has 0 N–H and O–H groups in total. The molecule has 5 nitrogen and oxygen atoms in total. The van der Waals surface area contributed by atoms with E-state index in [1.165, 1.54) is 0 Å². The predicted molar refractivity (Wildman–Crippen MR) is 96.3 cm³/mol. The highest BCUT2D eigenvalue weighted by molar-refractivity contribution is 6.00. The van der Waals surface area contributed by atoms with Gasteiger partial charge >= 0.3 is 5.97 Å². The fourth-order valence-electron chi connectivity index (χ4n) is 3.05. The largest absolute Gasteiger partial charge is 0.454 e. The monoisotopic (exact) mass is 351 g/mol. The number of hydrogen-bond acceptors (Lipinski definition) is 4. The van der Waals surface area contributed by atoms with Crippen LogP contribution < -0.4 is 0 Å². The first-order valence-corrected chi connectivity index (χ1v) is 8.66. The molecule has 2 aromatic carbocycles. The van der Waals surface area contributed by atoms with Crippen molar-refractivity contribution in [2.45, 2.75) is 26.0 Å². The summed E-state index contributed by atoms with van der Waals surface area (Å²) in [4.78, 5) is 38.5. The summed E-state index contributed by atoms with van der Waals surface area (Å²) in [5.41, 5.74) is 1.52. The summed E-state index contributed by atoms with van der Waals surface area (Å²) in [6.45, 7) is 2.35. The Kier molecular flexibility index (Phi) is 5.46. The van der Waals surface area contributed by atoms with Crippen molar-refractivity contribution in [2.24, 2.45) is 5.92 Å². The van der Waals surface area contributed by atoms with E-state index in [4.69, 9.17) is 4.74 Å². The molecule has 5 heteroatoms. The first-order chi connectivity index (χ1) is 12.5. The molecule has 1 aliphatic rings. The van der Waals surface area contributed by atoms with Gasteiger partial charge in [-0.2, -0.15) is 0 Å². The molecular weight excluding hydrogens is 330 g/mol. The molecule has 0 aromatic heterocycles. The normalized spacial score (nSPS) is 17.8. The molecule has 3 rings (SSSR count). The first-order valence-electron chi connectivity index (χ1n) is 8.66. The van der Waals surface area contributed by atoms with Crippen LogP contribution in [0.15, 0.2) is 60.7 Å². The molecule has 26 heavy (non-hydrogen) atoms. The molecule has 134 valence electrons. The number of nitrogens with zero attached hydrogens (tertiary/aromatic N) is 1. The Morgan fingerprint density at radius 3 is 2.35 bits per heavy atom. The molecule has 0 aliphatic carbocycles. The molecular formula is C21H21NO4. The minimum atomic E-state index is -0.872. The van der Waals surface area contributed by atoms with Crippen LogP contribution in [0.5, 0.6) is 0 Å². The third-order valence-electron chi connectivity index (χ3n) is 4.48. The van der Waals surface area contributed by atoms with Gasteiger partial charge in [0.2, 0.25) is 11.7 Å². The number of ether oxygens (including phenoxy) is 1. The van der Waals surface area contributed by atoms with E-state index in [0.29, 0.717) is 18.7 Å². The molecule has 2 atom stereocenters. The van der Waals surface area contributed by atoms with Gasteiger partial charge in [0.05, 0.1) is 5.92 Å². The quantitative estimate of drug-likeness (QED) is 0.593. The highest BCUT2D eigenvalue weighted by atomic mass is 16.5. The summed E-state index contributed by atoms with van der Waals surface area (Å²) in [7, 11) is 0. The van der Waals surface area contributed by atoms with Gasteiger partial charge in [0.1, 0.15) is 0 Å². The number of esters is 1. The molecule has 0 spiro atoms. The summed E-state index contributed by atoms with van der Waals surface area (Å²) in [5.74, 6) is -1.34. The minimum Gasteiger partial charge on any atom is -0.454 e. The number of Topliss-reactive ketones (excluding diaryl/α,β-unsaturated/α-hetero) is 1. The van der Waals surface area contributed by atoms with Gasteiger partial charge in [0.15, 0.2) is 6.10 Å². The summed E-state index contributed by atoms with van der Waals surface area (Å²) < 4.78 is 5.33. The molecule has 1 amide bonds. The average Bonchev–Trinajstić information content (AvgIpc) is 3.03. The van der Waals surface area contributed by atoms with Crippen molar-refractivity contribution in [1.29, 1.82) is 0 Å². The molecule has 0 radical (unpaired) electrons. The van der Waals surface area contributed by atoms with Crippen LogP contribution in [0.4, 0.5) is 0 Å². The SMILES string of the molecule is C[C@@H](OC(=O)[C@H]1CC(=O)N(Cc2ccccc2)C1)C(=O)c1ccccc1. The second-order valence-electron chi connectivity index (χ2n) is 6.47. The lowest BCUT2D eigenvalue weighted by atomic mass is 10.1. The third kappa shape index (κ3) is 4.17. The van der Waals surface area contributed by atoms with Gasteiger partial charge in [0, 0.05) is 25.1 Å². The lowest BCUT2D eigenvalue weighted by molar-refractivity contribution is -0.151. The van der Waals surface area contributed by atoms with Crippen LogP contribution in [0.3, 0.4) is 0 Å². The van der Waals surface area contributed by atoms with Crippen molar-refractivity contribution in [3.8, 4) is 0 Å². The second kappa shape index (κ2) is 7.95. The average molecular weight is 351 g/mol. The third-order valence-corrected chi connectivity index (χ3v) is 4.48. The Hall–Kier alpha value is -2.95. The van der Waals surface area contributed by atoms with E-state index in [-0.39, 0.29) is 18.1 Å². The number of benzene rings is 2. The van der Waals surface area contributed by atoms with Crippen molar-refractivity contribution in [1.82, 2.24) is 4.90 Å². The van der Waals surface area contributed by atoms with E-state index in [0.717, 1.165) is 5.56 Å². The van der Waals surface area contributed by atoms with E-state index in [1.807, 2.05) is 36.4 Å². The fraction of sp³-hybridized carbons (Fsp3) is 0.286. The van der Waals surface area contributed by atoms with Gasteiger partial charge in [-0.05, 0) is 12.5 Å². The maximum Gasteiger partial charge on any atom is 0.311 e. The summed E-state index contributed by atoms with van der Waals surface area (Å²) in [6.07, 6.45) is -0.749. The number of likely N-dealkylation sites (tertiary alicyclic amines) is 1. The van der Waals surface area contributed by atoms with Crippen molar-refractivity contribution in [2.75, 3.05) is 6.54 Å². The molecule has 2 aromatic rings. The summed E-state index contributed by atoms with van der Waals surface area (Å²) >= 11 is 0. The van der Waals surface area contributed by atoms with Crippen molar-refractivity contribution in [3.05, 3.63) is 71.8 Å². The van der Waals surface area contributed by atoms with Gasteiger partial charge in [-0.25, -0.2) is 0 Å². The Morgan fingerprint density at radius 2 is 1.69 bits per heavy atom. The van der Waals surface area contributed by atoms with Gasteiger partial charge in [-0.3, -0.25) is 14.4 Å². The van der Waals surface area contributed by atoms with Crippen LogP contribution in [-0.2, 0) is 20.9 Å². The highest BCUT2D eigenvalue weighted by Crippen LogP contribution is 2.22. The van der Waals surface area contributed by atoms with Crippen LogP contribution in [-0.4, -0.2) is 35.2 Å². The minimum absolute atomic E-state index is 0.0714. The molecule has 0 unspecified atom stereocenters. The van der Waals surface area contributed by atoms with E-state index < -0.39 is 18.0 Å². The van der Waals surface area contributed by atoms with Crippen molar-refractivity contribution < 1.29 is 19.1 Å². The van der Waals surface area contributed by atoms with E-state index in [9.17, 15) is 14.4 Å². The molecule has 0 saturated carbocycles. The van der Waals surface area contributed by atoms with Crippen molar-refractivity contribution in [3.63, 3.8) is 0 Å². The van der Waals surface area contributed by atoms with Crippen LogP contribution in [0.25, 0.3) is 0 Å². The summed E-state index contributed by atoms with van der Waals surface area (Å²) in [5, 5.41) is 0. The van der Waals surface area contributed by atoms with E-state index in [1.54, 1.807) is 36.1 Å². The van der Waals surface area contributed by atoms with E-state index in [2.05, 4.69) is 0 Å². The second-order valence-corrected chi connectivity index (χ2v) is 6.47. The predicted octanol–water partition coefficient (Wildman–Crippen LogP) is 2.85. The number of rotatable bonds is 6. The number of ketones is 1. The zero-order chi connectivity index (χ0) is 18.5. The lowest BCUT2D eigenvalue weighted by Crippen LogP contribution is -2.30. The van der Waals surface area contributed by atoms with Crippen molar-refractivity contribution >= 4 is 17.7 Å². The molecule has 1 saturated heterocycles. The summed E-state index contributed by atoms with van der Waals surface area (Å²) in [6, 6.07) is 18.4. The topological polar surface area (TPSA) is 63.7 Å². The Labute approximate surface area is 152 Å². The zero-order valence-corrected chi connectivity index (χ0v) is 14.6. The zero-order valence-electron chi connectivity index (χ0n) is 14.6. The fourth-order valence-corrected chi connectivity index (χ4v) is 3.05. The molecule has 1 heterocycles. The molecule has 1 fully saturated rings. The van der Waals surface area contributed by atoms with Crippen LogP contribution in [0.1, 0.15) is 29.3 Å². The van der Waals surface area contributed by atoms with Gasteiger partial charge in [-0.1, -0.05) is 60.7 Å². The molecule has 0 bridgehead atoms. The van der Waals surface area contributed by atoms with Gasteiger partial charge < -0.3 is 9.64 Å². The number of hydrogen-bond donors (Lipinski definition) is 0. The maximum atomic E-state index is 12.4. The standard InChI is InChI=1S/C21H21NO4/c1-15(20(24)17-10-6-3-7-11-17)26-21(25)18-12-19(23)22(14-18)13-16-8-4-2-5-9-16/h2-11,15,18H,12-14H2,1H3/t15-,18+/m1/s1. The number of carbonyl (C=O) groups excluding carboxylic acids is 3. The van der Waals surface area contributed by atoms with Gasteiger partial charge in [0.25, 0.3) is 0 Å². The van der Waals surface area contributed by atoms with Crippen LogP contribution >= 0.6 is 0 Å². The Balaban J connectivity index is 1.57. The Morgan fingerprint density at radius 1 is 1.08 bits per heavy atom. The number of amides is 1. The molecule has 1 aliphatic heterocycles.